The van der Waals surface area contributed by atoms with Crippen molar-refractivity contribution in [2.45, 2.75) is 26.2 Å². The number of halogens is 1. The van der Waals surface area contributed by atoms with Crippen molar-refractivity contribution < 1.29 is 9.47 Å². The first-order valence-electron chi connectivity index (χ1n) is 11.5. The molecule has 1 saturated heterocycles. The fraction of sp³-hybridized carbons (Fsp3) is 0.333. The quantitative estimate of drug-likeness (QED) is 0.225. The highest BCUT2D eigenvalue weighted by atomic mass is 127. The van der Waals surface area contributed by atoms with Crippen LogP contribution in [0, 0.1) is 5.92 Å². The van der Waals surface area contributed by atoms with E-state index < -0.39 is 0 Å². The van der Waals surface area contributed by atoms with Gasteiger partial charge in [0.15, 0.2) is 5.96 Å². The van der Waals surface area contributed by atoms with Crippen LogP contribution in [0.5, 0.6) is 5.88 Å². The van der Waals surface area contributed by atoms with E-state index >= 15 is 0 Å². The van der Waals surface area contributed by atoms with Gasteiger partial charge in [-0.05, 0) is 29.2 Å². The van der Waals surface area contributed by atoms with Gasteiger partial charge in [0.1, 0.15) is 6.61 Å². The molecule has 0 spiro atoms. The molecule has 1 unspecified atom stereocenters. The molecule has 0 radical (unpaired) electrons. The van der Waals surface area contributed by atoms with Crippen LogP contribution in [0.2, 0.25) is 0 Å². The van der Waals surface area contributed by atoms with Crippen LogP contribution in [0.1, 0.15) is 23.1 Å². The van der Waals surface area contributed by atoms with Gasteiger partial charge >= 0.3 is 0 Å². The standard InChI is InChI=1S/C27H32N4O2.HI/c1-28-27(31-15-13-25(18-31)20-32-19-22-8-4-2-5-9-22)30-17-24-12-14-29-26(16-24)33-21-23-10-6-3-7-11-23;/h2-12,14,16,25H,13,15,17-21H2,1H3,(H,28,30);1H. The third-order valence-electron chi connectivity index (χ3n) is 5.74. The molecule has 1 aromatic heterocycles. The van der Waals surface area contributed by atoms with Gasteiger partial charge in [-0.2, -0.15) is 0 Å². The fourth-order valence-electron chi connectivity index (χ4n) is 3.96. The summed E-state index contributed by atoms with van der Waals surface area (Å²) >= 11 is 0. The summed E-state index contributed by atoms with van der Waals surface area (Å²) in [5.74, 6) is 2.07. The van der Waals surface area contributed by atoms with Crippen molar-refractivity contribution in [3.63, 3.8) is 0 Å². The zero-order valence-electron chi connectivity index (χ0n) is 19.6. The molecule has 1 N–H and O–H groups in total. The van der Waals surface area contributed by atoms with Crippen LogP contribution in [-0.4, -0.2) is 42.6 Å². The molecule has 0 saturated carbocycles. The normalized spacial score (nSPS) is 15.6. The minimum atomic E-state index is 0. The van der Waals surface area contributed by atoms with Crippen LogP contribution < -0.4 is 10.1 Å². The van der Waals surface area contributed by atoms with Crippen LogP contribution in [0.4, 0.5) is 0 Å². The van der Waals surface area contributed by atoms with Crippen molar-refractivity contribution in [2.24, 2.45) is 10.9 Å². The Hall–Kier alpha value is -2.65. The highest BCUT2D eigenvalue weighted by Crippen LogP contribution is 2.18. The van der Waals surface area contributed by atoms with E-state index in [-0.39, 0.29) is 24.0 Å². The average molecular weight is 572 g/mol. The van der Waals surface area contributed by atoms with Crippen LogP contribution in [-0.2, 0) is 24.5 Å². The lowest BCUT2D eigenvalue weighted by Gasteiger charge is -2.22. The van der Waals surface area contributed by atoms with Crippen LogP contribution in [0.25, 0.3) is 0 Å². The Morgan fingerprint density at radius 2 is 1.71 bits per heavy atom. The first-order valence-corrected chi connectivity index (χ1v) is 11.5. The lowest BCUT2D eigenvalue weighted by atomic mass is 10.1. The van der Waals surface area contributed by atoms with Crippen LogP contribution in [0.15, 0.2) is 84.0 Å². The summed E-state index contributed by atoms with van der Waals surface area (Å²) in [6, 6.07) is 24.4. The Labute approximate surface area is 219 Å². The van der Waals surface area contributed by atoms with Gasteiger partial charge in [0.2, 0.25) is 5.88 Å². The summed E-state index contributed by atoms with van der Waals surface area (Å²) in [7, 11) is 1.84. The Morgan fingerprint density at radius 1 is 1.00 bits per heavy atom. The molecule has 1 atom stereocenters. The third-order valence-corrected chi connectivity index (χ3v) is 5.74. The van der Waals surface area contributed by atoms with E-state index in [0.29, 0.717) is 31.6 Å². The number of aliphatic imine (C=N–C) groups is 1. The molecule has 6 nitrogen and oxygen atoms in total. The predicted molar refractivity (Wildman–Crippen MR) is 146 cm³/mol. The number of hydrogen-bond acceptors (Lipinski definition) is 4. The van der Waals surface area contributed by atoms with Gasteiger partial charge in [-0.1, -0.05) is 60.7 Å². The van der Waals surface area contributed by atoms with E-state index in [1.165, 1.54) is 5.56 Å². The first kappa shape index (κ1) is 26.0. The first-order chi connectivity index (χ1) is 16.3. The summed E-state index contributed by atoms with van der Waals surface area (Å²) in [5, 5.41) is 3.48. The molecular weight excluding hydrogens is 539 g/mol. The molecule has 34 heavy (non-hydrogen) atoms. The number of nitrogens with zero attached hydrogens (tertiary/aromatic N) is 3. The second-order valence-electron chi connectivity index (χ2n) is 8.28. The Balaban J connectivity index is 0.00000324. The number of guanidine groups is 1. The van der Waals surface area contributed by atoms with Crippen LogP contribution in [0.3, 0.4) is 0 Å². The molecule has 1 fully saturated rings. The zero-order chi connectivity index (χ0) is 22.7. The molecular formula is C27H33IN4O2. The van der Waals surface area contributed by atoms with E-state index in [9.17, 15) is 0 Å². The topological polar surface area (TPSA) is 59.0 Å². The molecule has 3 aromatic rings. The Kier molecular flexibility index (Phi) is 10.6. The maximum atomic E-state index is 5.95. The van der Waals surface area contributed by atoms with Crippen LogP contribution >= 0.6 is 24.0 Å². The number of aromatic nitrogens is 1. The number of pyridine rings is 1. The van der Waals surface area contributed by atoms with Crippen molar-refractivity contribution in [3.05, 3.63) is 95.7 Å². The summed E-state index contributed by atoms with van der Waals surface area (Å²) in [6.45, 7) is 4.56. The van der Waals surface area contributed by atoms with Gasteiger partial charge in [-0.15, -0.1) is 24.0 Å². The SMILES string of the molecule is CN=C(NCc1ccnc(OCc2ccccc2)c1)N1CCC(COCc2ccccc2)C1.I. The maximum Gasteiger partial charge on any atom is 0.213 e. The fourth-order valence-corrected chi connectivity index (χ4v) is 3.96. The predicted octanol–water partition coefficient (Wildman–Crippen LogP) is 4.89. The number of nitrogens with one attached hydrogen (secondary N) is 1. The number of rotatable bonds is 9. The van der Waals surface area contributed by atoms with Crippen molar-refractivity contribution in [3.8, 4) is 5.88 Å². The number of likely N-dealkylation sites (tertiary alicyclic amines) is 1. The largest absolute Gasteiger partial charge is 0.473 e. The maximum absolute atomic E-state index is 5.95. The Morgan fingerprint density at radius 3 is 2.41 bits per heavy atom. The molecule has 1 aliphatic rings. The van der Waals surface area contributed by atoms with Gasteiger partial charge in [0, 0.05) is 44.9 Å². The lowest BCUT2D eigenvalue weighted by Crippen LogP contribution is -2.39. The van der Waals surface area contributed by atoms with Gasteiger partial charge in [0.25, 0.3) is 0 Å². The molecule has 2 aromatic carbocycles. The molecule has 1 aliphatic heterocycles. The average Bonchev–Trinajstić information content (AvgIpc) is 3.33. The second-order valence-corrected chi connectivity index (χ2v) is 8.28. The number of ether oxygens (including phenoxy) is 2. The second kappa shape index (κ2) is 13.9. The van der Waals surface area contributed by atoms with E-state index in [1.807, 2.05) is 67.7 Å². The lowest BCUT2D eigenvalue weighted by molar-refractivity contribution is 0.0906. The van der Waals surface area contributed by atoms with E-state index in [2.05, 4.69) is 32.3 Å². The molecule has 4 rings (SSSR count). The van der Waals surface area contributed by atoms with Gasteiger partial charge in [-0.25, -0.2) is 4.98 Å². The minimum Gasteiger partial charge on any atom is -0.473 e. The summed E-state index contributed by atoms with van der Waals surface area (Å²) in [4.78, 5) is 11.1. The zero-order valence-corrected chi connectivity index (χ0v) is 21.9. The summed E-state index contributed by atoms with van der Waals surface area (Å²) in [6.07, 6.45) is 2.90. The Bertz CT molecular complexity index is 1020. The minimum absolute atomic E-state index is 0. The van der Waals surface area contributed by atoms with Crippen molar-refractivity contribution in [1.82, 2.24) is 15.2 Å². The molecule has 7 heteroatoms. The van der Waals surface area contributed by atoms with Crippen molar-refractivity contribution in [1.29, 1.82) is 0 Å². The highest BCUT2D eigenvalue weighted by Gasteiger charge is 2.25. The van der Waals surface area contributed by atoms with E-state index in [1.54, 1.807) is 6.20 Å². The molecule has 2 heterocycles. The molecule has 180 valence electrons. The molecule has 0 amide bonds. The van der Waals surface area contributed by atoms with Gasteiger partial charge in [0.05, 0.1) is 13.2 Å². The van der Waals surface area contributed by atoms with Gasteiger partial charge < -0.3 is 19.7 Å². The molecule has 0 aliphatic carbocycles. The van der Waals surface area contributed by atoms with E-state index in [0.717, 1.165) is 43.2 Å². The summed E-state index contributed by atoms with van der Waals surface area (Å²) in [5.41, 5.74) is 3.45. The number of benzene rings is 2. The van der Waals surface area contributed by atoms with Crippen molar-refractivity contribution >= 4 is 29.9 Å². The van der Waals surface area contributed by atoms with Gasteiger partial charge in [-0.3, -0.25) is 4.99 Å². The highest BCUT2D eigenvalue weighted by molar-refractivity contribution is 14.0. The smallest absolute Gasteiger partial charge is 0.213 e. The van der Waals surface area contributed by atoms with Crippen molar-refractivity contribution in [2.75, 3.05) is 26.7 Å². The monoisotopic (exact) mass is 572 g/mol. The summed E-state index contributed by atoms with van der Waals surface area (Å²) < 4.78 is 11.8. The third kappa shape index (κ3) is 7.99. The van der Waals surface area contributed by atoms with E-state index in [4.69, 9.17) is 9.47 Å². The number of hydrogen-bond donors (Lipinski definition) is 1. The molecule has 0 bridgehead atoms.